The van der Waals surface area contributed by atoms with E-state index in [1.165, 1.54) is 111 Å². The number of hydrogen-bond donors (Lipinski definition) is 0. The summed E-state index contributed by atoms with van der Waals surface area (Å²) < 4.78 is 0. The summed E-state index contributed by atoms with van der Waals surface area (Å²) in [7, 11) is 0. The van der Waals surface area contributed by atoms with E-state index in [9.17, 15) is 0 Å². The van der Waals surface area contributed by atoms with Crippen LogP contribution in [0.4, 0.5) is 0 Å². The summed E-state index contributed by atoms with van der Waals surface area (Å²) in [5.74, 6) is 0. The summed E-state index contributed by atoms with van der Waals surface area (Å²) in [4.78, 5) is 0. The van der Waals surface area contributed by atoms with E-state index in [-0.39, 0.29) is 0 Å². The van der Waals surface area contributed by atoms with Crippen LogP contribution in [-0.4, -0.2) is 0 Å². The monoisotopic (exact) mass is 760 g/mol. The zero-order chi connectivity index (χ0) is 39.8. The molecule has 11 rings (SSSR count). The molecule has 0 unspecified atom stereocenters. The Labute approximate surface area is 352 Å². The zero-order valence-electron chi connectivity index (χ0n) is 33.1. The fourth-order valence-corrected chi connectivity index (χ4v) is 9.39. The van der Waals surface area contributed by atoms with Gasteiger partial charge in [0.2, 0.25) is 0 Å². The van der Waals surface area contributed by atoms with Gasteiger partial charge in [-0.15, -0.1) is 0 Å². The van der Waals surface area contributed by atoms with E-state index < -0.39 is 0 Å². The molecule has 9 aromatic carbocycles. The molecule has 0 heteroatoms. The average Bonchev–Trinajstić information content (AvgIpc) is 3.85. The SMILES string of the molecule is c1ccc(C2=C(c3ccccc3)C(c3ccccc3-c3ccc(-c4ccccc4)cc3)=C3C2=C(c2ccccc2)c2cc(-c4ccccc4)c(-c4ccccc4)cc23)cc1. The van der Waals surface area contributed by atoms with Crippen LogP contribution in [0.3, 0.4) is 0 Å². The lowest BCUT2D eigenvalue weighted by atomic mass is 9.83. The topological polar surface area (TPSA) is 0 Å². The lowest BCUT2D eigenvalue weighted by Gasteiger charge is -2.20. The Kier molecular flexibility index (Phi) is 8.95. The molecule has 60 heavy (non-hydrogen) atoms. The van der Waals surface area contributed by atoms with Gasteiger partial charge in [-0.25, -0.2) is 0 Å². The predicted molar refractivity (Wildman–Crippen MR) is 254 cm³/mol. The summed E-state index contributed by atoms with van der Waals surface area (Å²) in [6, 6.07) is 88.7. The Morgan fingerprint density at radius 1 is 0.133 bits per heavy atom. The molecule has 0 nitrogen and oxygen atoms in total. The number of allylic oxidation sites excluding steroid dienone is 5. The number of rotatable bonds is 8. The summed E-state index contributed by atoms with van der Waals surface area (Å²) in [6.45, 7) is 0. The minimum Gasteiger partial charge on any atom is -0.0622 e. The summed E-state index contributed by atoms with van der Waals surface area (Å²) in [6.07, 6.45) is 0. The highest BCUT2D eigenvalue weighted by atomic mass is 14.4. The standard InChI is InChI=1S/C60H40/c1-7-21-41(22-8-1)42-35-37-45(38-36-42)49-33-19-20-34-50(49)58-56(47-29-15-5-16-30-47)57(48-31-17-6-18-32-48)60-55(46-27-13-4-14-28-46)53-39-51(43-23-9-2-10-24-43)52(40-54(53)59(58)60)44-25-11-3-12-26-44/h1-40H. The molecule has 0 bridgehead atoms. The Balaban J connectivity index is 1.28. The Hall–Kier alpha value is -7.80. The van der Waals surface area contributed by atoms with Crippen LogP contribution in [-0.2, 0) is 0 Å². The van der Waals surface area contributed by atoms with Crippen LogP contribution in [0.1, 0.15) is 33.4 Å². The van der Waals surface area contributed by atoms with Crippen molar-refractivity contribution in [2.75, 3.05) is 0 Å². The average molecular weight is 761 g/mol. The van der Waals surface area contributed by atoms with E-state index in [1.807, 2.05) is 0 Å². The second-order valence-electron chi connectivity index (χ2n) is 15.5. The molecule has 0 N–H and O–H groups in total. The van der Waals surface area contributed by atoms with Crippen molar-refractivity contribution in [3.05, 3.63) is 282 Å². The van der Waals surface area contributed by atoms with Gasteiger partial charge in [-0.3, -0.25) is 0 Å². The molecule has 0 atom stereocenters. The van der Waals surface area contributed by atoms with Crippen molar-refractivity contribution in [2.24, 2.45) is 0 Å². The van der Waals surface area contributed by atoms with Crippen LogP contribution in [0.15, 0.2) is 248 Å². The molecule has 2 aliphatic carbocycles. The molecule has 0 aromatic heterocycles. The van der Waals surface area contributed by atoms with Gasteiger partial charge >= 0.3 is 0 Å². The molecule has 280 valence electrons. The van der Waals surface area contributed by atoms with Crippen molar-refractivity contribution in [3.8, 4) is 44.5 Å². The van der Waals surface area contributed by atoms with Crippen molar-refractivity contribution in [1.29, 1.82) is 0 Å². The summed E-state index contributed by atoms with van der Waals surface area (Å²) >= 11 is 0. The minimum atomic E-state index is 1.19. The quantitative estimate of drug-likeness (QED) is 0.145. The number of fused-ring (bicyclic) bond motifs is 3. The lowest BCUT2D eigenvalue weighted by molar-refractivity contribution is 1.51. The molecular formula is C60H40. The maximum atomic E-state index is 2.49. The molecule has 0 radical (unpaired) electrons. The highest BCUT2D eigenvalue weighted by molar-refractivity contribution is 6.40. The molecule has 0 aliphatic heterocycles. The van der Waals surface area contributed by atoms with Gasteiger partial charge in [0.15, 0.2) is 0 Å². The molecule has 0 saturated carbocycles. The Morgan fingerprint density at radius 2 is 0.417 bits per heavy atom. The fourth-order valence-electron chi connectivity index (χ4n) is 9.39. The number of benzene rings is 9. The molecular weight excluding hydrogens is 721 g/mol. The number of hydrogen-bond acceptors (Lipinski definition) is 0. The third kappa shape index (κ3) is 6.09. The first-order valence-electron chi connectivity index (χ1n) is 20.8. The molecule has 0 amide bonds. The molecule has 9 aromatic rings. The van der Waals surface area contributed by atoms with E-state index in [2.05, 4.69) is 243 Å². The first kappa shape index (κ1) is 35.4. The van der Waals surface area contributed by atoms with E-state index in [0.29, 0.717) is 0 Å². The fraction of sp³-hybridized carbons (Fsp3) is 0. The van der Waals surface area contributed by atoms with E-state index in [1.54, 1.807) is 0 Å². The van der Waals surface area contributed by atoms with Crippen LogP contribution < -0.4 is 0 Å². The molecule has 0 heterocycles. The highest BCUT2D eigenvalue weighted by Gasteiger charge is 2.41. The van der Waals surface area contributed by atoms with E-state index >= 15 is 0 Å². The maximum Gasteiger partial charge on any atom is -0.000137 e. The normalized spacial score (nSPS) is 13.1. The Morgan fingerprint density at radius 3 is 0.883 bits per heavy atom. The van der Waals surface area contributed by atoms with Gasteiger partial charge in [0, 0.05) is 0 Å². The van der Waals surface area contributed by atoms with Gasteiger partial charge in [-0.05, 0) is 123 Å². The lowest BCUT2D eigenvalue weighted by Crippen LogP contribution is -1.98. The maximum absolute atomic E-state index is 2.49. The van der Waals surface area contributed by atoms with Crippen molar-refractivity contribution in [3.63, 3.8) is 0 Å². The second kappa shape index (κ2) is 15.2. The van der Waals surface area contributed by atoms with Crippen LogP contribution in [0.5, 0.6) is 0 Å². The van der Waals surface area contributed by atoms with Crippen molar-refractivity contribution in [2.45, 2.75) is 0 Å². The highest BCUT2D eigenvalue weighted by Crippen LogP contribution is 2.63. The smallest absolute Gasteiger partial charge is 0.000137 e. The van der Waals surface area contributed by atoms with E-state index in [0.717, 1.165) is 0 Å². The molecule has 0 saturated heterocycles. The largest absolute Gasteiger partial charge is 0.0622 e. The first-order chi connectivity index (χ1) is 29.8. The molecule has 0 spiro atoms. The molecule has 0 fully saturated rings. The Bertz CT molecular complexity index is 3100. The zero-order valence-corrected chi connectivity index (χ0v) is 33.1. The second-order valence-corrected chi connectivity index (χ2v) is 15.5. The van der Waals surface area contributed by atoms with Gasteiger partial charge in [0.05, 0.1) is 0 Å². The van der Waals surface area contributed by atoms with Gasteiger partial charge < -0.3 is 0 Å². The summed E-state index contributed by atoms with van der Waals surface area (Å²) in [5.41, 5.74) is 24.6. The molecule has 2 aliphatic rings. The summed E-state index contributed by atoms with van der Waals surface area (Å²) in [5, 5.41) is 0. The van der Waals surface area contributed by atoms with Crippen molar-refractivity contribution < 1.29 is 0 Å². The van der Waals surface area contributed by atoms with Crippen molar-refractivity contribution >= 4 is 27.9 Å². The van der Waals surface area contributed by atoms with Crippen LogP contribution in [0, 0.1) is 0 Å². The van der Waals surface area contributed by atoms with Gasteiger partial charge in [0.25, 0.3) is 0 Å². The van der Waals surface area contributed by atoms with Gasteiger partial charge in [-0.1, -0.05) is 231 Å². The van der Waals surface area contributed by atoms with Crippen molar-refractivity contribution in [1.82, 2.24) is 0 Å². The van der Waals surface area contributed by atoms with Crippen LogP contribution >= 0.6 is 0 Å². The minimum absolute atomic E-state index is 1.19. The third-order valence-electron chi connectivity index (χ3n) is 12.1. The van der Waals surface area contributed by atoms with Gasteiger partial charge in [0.1, 0.15) is 0 Å². The van der Waals surface area contributed by atoms with Crippen LogP contribution in [0.25, 0.3) is 72.4 Å². The van der Waals surface area contributed by atoms with Crippen LogP contribution in [0.2, 0.25) is 0 Å². The third-order valence-corrected chi connectivity index (χ3v) is 12.1. The first-order valence-corrected chi connectivity index (χ1v) is 20.8. The van der Waals surface area contributed by atoms with Gasteiger partial charge in [-0.2, -0.15) is 0 Å². The van der Waals surface area contributed by atoms with E-state index in [4.69, 9.17) is 0 Å². The predicted octanol–water partition coefficient (Wildman–Crippen LogP) is 15.7.